The fraction of sp³-hybridized carbons (Fsp3) is 0.500. The topological polar surface area (TPSA) is 61.0 Å². The van der Waals surface area contributed by atoms with Gasteiger partial charge < -0.3 is 29.6 Å². The Morgan fingerprint density at radius 3 is 1.53 bits per heavy atom. The first-order valence-electron chi connectivity index (χ1n) is 10.9. The van der Waals surface area contributed by atoms with Crippen LogP contribution in [0.3, 0.4) is 0 Å². The van der Waals surface area contributed by atoms with Crippen LogP contribution in [0.15, 0.2) is 48.5 Å². The van der Waals surface area contributed by atoms with Crippen molar-refractivity contribution in [3.05, 3.63) is 48.5 Å². The Bertz CT molecular complexity index is 748. The Labute approximate surface area is 178 Å². The maximum Gasteiger partial charge on any atom is 0.161 e. The van der Waals surface area contributed by atoms with Crippen molar-refractivity contribution in [2.24, 2.45) is 0 Å². The molecule has 0 aromatic heterocycles. The molecule has 0 amide bonds. The third-order valence-corrected chi connectivity index (χ3v) is 5.71. The van der Waals surface area contributed by atoms with Gasteiger partial charge in [-0.05, 0) is 64.0 Å². The first kappa shape index (κ1) is 20.8. The van der Waals surface area contributed by atoms with Crippen molar-refractivity contribution in [2.75, 3.05) is 26.3 Å². The molecule has 2 N–H and O–H groups in total. The predicted molar refractivity (Wildman–Crippen MR) is 117 cm³/mol. The van der Waals surface area contributed by atoms with E-state index in [4.69, 9.17) is 18.9 Å². The van der Waals surface area contributed by atoms with Crippen LogP contribution >= 0.6 is 0 Å². The van der Waals surface area contributed by atoms with E-state index in [2.05, 4.69) is 24.5 Å². The lowest BCUT2D eigenvalue weighted by Crippen LogP contribution is -2.47. The molecule has 0 aliphatic carbocycles. The summed E-state index contributed by atoms with van der Waals surface area (Å²) in [5, 5.41) is 7.14. The van der Waals surface area contributed by atoms with Gasteiger partial charge in [-0.25, -0.2) is 0 Å². The van der Waals surface area contributed by atoms with Crippen LogP contribution in [-0.4, -0.2) is 50.6 Å². The fourth-order valence-corrected chi connectivity index (χ4v) is 3.74. The normalized spacial score (nSPS) is 21.7. The second-order valence-corrected chi connectivity index (χ2v) is 8.02. The van der Waals surface area contributed by atoms with Gasteiger partial charge in [0, 0.05) is 12.1 Å². The summed E-state index contributed by atoms with van der Waals surface area (Å²) in [5.41, 5.74) is 0. The highest BCUT2D eigenvalue weighted by molar-refractivity contribution is 5.41. The zero-order valence-electron chi connectivity index (χ0n) is 17.8. The van der Waals surface area contributed by atoms with E-state index >= 15 is 0 Å². The van der Waals surface area contributed by atoms with E-state index in [-0.39, 0.29) is 24.3 Å². The lowest BCUT2D eigenvalue weighted by atomic mass is 10.1. The van der Waals surface area contributed by atoms with Gasteiger partial charge in [0.25, 0.3) is 0 Å². The van der Waals surface area contributed by atoms with E-state index in [0.29, 0.717) is 13.2 Å². The molecule has 0 unspecified atom stereocenters. The van der Waals surface area contributed by atoms with Crippen LogP contribution in [0.4, 0.5) is 0 Å². The van der Waals surface area contributed by atoms with Gasteiger partial charge in [0.05, 0.1) is 0 Å². The van der Waals surface area contributed by atoms with Gasteiger partial charge in [-0.1, -0.05) is 24.3 Å². The Morgan fingerprint density at radius 2 is 1.10 bits per heavy atom. The Kier molecular flexibility index (Phi) is 6.97. The highest BCUT2D eigenvalue weighted by Gasteiger charge is 2.26. The van der Waals surface area contributed by atoms with Crippen LogP contribution in [0.25, 0.3) is 0 Å². The van der Waals surface area contributed by atoms with Crippen LogP contribution in [0, 0.1) is 0 Å². The maximum atomic E-state index is 6.07. The minimum Gasteiger partial charge on any atom is -0.486 e. The molecule has 2 aromatic carbocycles. The van der Waals surface area contributed by atoms with Crippen LogP contribution in [0.5, 0.6) is 23.0 Å². The monoisotopic (exact) mass is 412 g/mol. The minimum atomic E-state index is 0.0318. The van der Waals surface area contributed by atoms with Crippen molar-refractivity contribution < 1.29 is 18.9 Å². The number of ether oxygens (including phenoxy) is 4. The molecule has 2 aromatic rings. The van der Waals surface area contributed by atoms with E-state index in [9.17, 15) is 0 Å². The number of nitrogens with one attached hydrogen (secondary N) is 2. The predicted octanol–water partition coefficient (Wildman–Crippen LogP) is 3.40. The SMILES string of the molecule is C[C@H](NCCCCN[C@H](C)[C@H]1COc2ccccc2O1)[C@@H]1COc2ccccc2O1. The van der Waals surface area contributed by atoms with Gasteiger partial charge in [0.1, 0.15) is 25.4 Å². The average molecular weight is 413 g/mol. The summed E-state index contributed by atoms with van der Waals surface area (Å²) >= 11 is 0. The number of unbranched alkanes of at least 4 members (excludes halogenated alkanes) is 1. The minimum absolute atomic E-state index is 0.0318. The summed E-state index contributed by atoms with van der Waals surface area (Å²) in [6.45, 7) is 7.37. The number of rotatable bonds is 9. The van der Waals surface area contributed by atoms with Gasteiger partial charge in [-0.2, -0.15) is 0 Å². The smallest absolute Gasteiger partial charge is 0.161 e. The van der Waals surface area contributed by atoms with E-state index in [0.717, 1.165) is 48.9 Å². The van der Waals surface area contributed by atoms with Gasteiger partial charge in [0.2, 0.25) is 0 Å². The zero-order valence-corrected chi connectivity index (χ0v) is 17.8. The summed E-state index contributed by atoms with van der Waals surface area (Å²) < 4.78 is 23.8. The Balaban J connectivity index is 1.10. The van der Waals surface area contributed by atoms with Crippen molar-refractivity contribution in [1.82, 2.24) is 10.6 Å². The molecule has 0 saturated heterocycles. The van der Waals surface area contributed by atoms with E-state index in [1.54, 1.807) is 0 Å². The van der Waals surface area contributed by atoms with Gasteiger partial charge in [-0.3, -0.25) is 0 Å². The first-order valence-corrected chi connectivity index (χ1v) is 10.9. The molecule has 0 saturated carbocycles. The molecule has 2 aliphatic rings. The number of fused-ring (bicyclic) bond motifs is 2. The largest absolute Gasteiger partial charge is 0.486 e. The van der Waals surface area contributed by atoms with Crippen molar-refractivity contribution in [3.8, 4) is 23.0 Å². The molecule has 2 aliphatic heterocycles. The molecular weight excluding hydrogens is 380 g/mol. The molecule has 4 rings (SSSR count). The number of hydrogen-bond acceptors (Lipinski definition) is 6. The van der Waals surface area contributed by atoms with Crippen LogP contribution in [0.2, 0.25) is 0 Å². The third kappa shape index (κ3) is 5.18. The lowest BCUT2D eigenvalue weighted by Gasteiger charge is -2.31. The maximum absolute atomic E-state index is 6.07. The number of hydrogen-bond donors (Lipinski definition) is 2. The molecule has 0 radical (unpaired) electrons. The van der Waals surface area contributed by atoms with Crippen LogP contribution in [0.1, 0.15) is 26.7 Å². The molecule has 6 nitrogen and oxygen atoms in total. The molecule has 162 valence electrons. The van der Waals surface area contributed by atoms with Crippen LogP contribution in [-0.2, 0) is 0 Å². The second kappa shape index (κ2) is 10.0. The molecule has 0 bridgehead atoms. The van der Waals surface area contributed by atoms with E-state index in [1.807, 2.05) is 48.5 Å². The molecular formula is C24H32N2O4. The summed E-state index contributed by atoms with van der Waals surface area (Å²) in [6, 6.07) is 16.1. The Morgan fingerprint density at radius 1 is 0.700 bits per heavy atom. The first-order chi connectivity index (χ1) is 14.7. The zero-order chi connectivity index (χ0) is 20.8. The van der Waals surface area contributed by atoms with Crippen molar-refractivity contribution in [1.29, 1.82) is 0 Å². The second-order valence-electron chi connectivity index (χ2n) is 8.02. The standard InChI is InChI=1S/C24H32N2O4/c1-17(23-15-27-19-9-3-5-11-21(19)29-23)25-13-7-8-14-26-18(2)24-16-28-20-10-4-6-12-22(20)30-24/h3-6,9-12,17-18,23-26H,7-8,13-16H2,1-2H3/t17-,18+,23-,24+. The van der Waals surface area contributed by atoms with Gasteiger partial charge in [-0.15, -0.1) is 0 Å². The summed E-state index contributed by atoms with van der Waals surface area (Å²) in [6.07, 6.45) is 2.26. The van der Waals surface area contributed by atoms with E-state index < -0.39 is 0 Å². The van der Waals surface area contributed by atoms with Crippen LogP contribution < -0.4 is 29.6 Å². The summed E-state index contributed by atoms with van der Waals surface area (Å²) in [5.74, 6) is 3.32. The lowest BCUT2D eigenvalue weighted by molar-refractivity contribution is 0.0656. The fourth-order valence-electron chi connectivity index (χ4n) is 3.74. The Hall–Kier alpha value is -2.44. The molecule has 2 heterocycles. The van der Waals surface area contributed by atoms with Crippen molar-refractivity contribution in [3.63, 3.8) is 0 Å². The third-order valence-electron chi connectivity index (χ3n) is 5.71. The van der Waals surface area contributed by atoms with Crippen molar-refractivity contribution >= 4 is 0 Å². The highest BCUT2D eigenvalue weighted by Crippen LogP contribution is 2.32. The van der Waals surface area contributed by atoms with E-state index in [1.165, 1.54) is 0 Å². The quantitative estimate of drug-likeness (QED) is 0.616. The molecule has 0 fully saturated rings. The van der Waals surface area contributed by atoms with Gasteiger partial charge >= 0.3 is 0 Å². The molecule has 4 atom stereocenters. The molecule has 30 heavy (non-hydrogen) atoms. The summed E-state index contributed by atoms with van der Waals surface area (Å²) in [7, 11) is 0. The molecule has 0 spiro atoms. The van der Waals surface area contributed by atoms with Gasteiger partial charge in [0.15, 0.2) is 23.0 Å². The van der Waals surface area contributed by atoms with Crippen molar-refractivity contribution in [2.45, 2.75) is 51.0 Å². The number of para-hydroxylation sites is 4. The summed E-state index contributed by atoms with van der Waals surface area (Å²) in [4.78, 5) is 0. The average Bonchev–Trinajstić information content (AvgIpc) is 2.80. The highest BCUT2D eigenvalue weighted by atomic mass is 16.6. The molecule has 6 heteroatoms. The number of benzene rings is 2.